The Balaban J connectivity index is 1.18. The molecule has 0 radical (unpaired) electrons. The summed E-state index contributed by atoms with van der Waals surface area (Å²) in [6.07, 6.45) is 0. The molecule has 0 aromatic heterocycles. The summed E-state index contributed by atoms with van der Waals surface area (Å²) in [5, 5.41) is 0. The predicted molar refractivity (Wildman–Crippen MR) is 322 cm³/mol. The van der Waals surface area contributed by atoms with Crippen LogP contribution in [0, 0.1) is 41.5 Å². The Kier molecular flexibility index (Phi) is 11.3. The third-order valence-electron chi connectivity index (χ3n) is 16.0. The number of fused-ring (bicyclic) bond motifs is 4. The van der Waals surface area contributed by atoms with E-state index in [1.165, 1.54) is 139 Å². The molecule has 0 saturated heterocycles. The van der Waals surface area contributed by atoms with Gasteiger partial charge in [-0.3, -0.25) is 0 Å². The Bertz CT molecular complexity index is 3890. The molecule has 2 aliphatic heterocycles. The van der Waals surface area contributed by atoms with Gasteiger partial charge in [0.05, 0.1) is 5.69 Å². The first kappa shape index (κ1) is 45.9. The fourth-order valence-corrected chi connectivity index (χ4v) is 12.7. The van der Waals surface area contributed by atoms with E-state index in [9.17, 15) is 0 Å². The van der Waals surface area contributed by atoms with Gasteiger partial charge >= 0.3 is 0 Å². The van der Waals surface area contributed by atoms with Crippen LogP contribution in [-0.4, -0.2) is 6.71 Å². The second-order valence-electron chi connectivity index (χ2n) is 20.7. The second-order valence-corrected chi connectivity index (χ2v) is 20.7. The van der Waals surface area contributed by atoms with Gasteiger partial charge in [0.2, 0.25) is 0 Å². The minimum Gasteiger partial charge on any atom is -0.311 e. The molecular weight excluding hydrogens is 904 g/mol. The van der Waals surface area contributed by atoms with Gasteiger partial charge in [0.1, 0.15) is 0 Å². The number of para-hydroxylation sites is 1. The molecule has 3 heteroatoms. The summed E-state index contributed by atoms with van der Waals surface area (Å²) in [4.78, 5) is 5.22. The molecule has 0 atom stereocenters. The van der Waals surface area contributed by atoms with E-state index < -0.39 is 0 Å². The van der Waals surface area contributed by atoms with Gasteiger partial charge in [-0.05, 0) is 183 Å². The van der Waals surface area contributed by atoms with E-state index in [0.717, 1.165) is 11.4 Å². The molecule has 75 heavy (non-hydrogen) atoms. The number of anilines is 6. The lowest BCUT2D eigenvalue weighted by Crippen LogP contribution is -2.61. The van der Waals surface area contributed by atoms with Gasteiger partial charge in [-0.2, -0.15) is 0 Å². The van der Waals surface area contributed by atoms with E-state index >= 15 is 0 Å². The van der Waals surface area contributed by atoms with Gasteiger partial charge in [0.25, 0.3) is 6.71 Å². The number of aryl methyl sites for hydroxylation is 6. The van der Waals surface area contributed by atoms with Crippen molar-refractivity contribution in [1.29, 1.82) is 0 Å². The zero-order chi connectivity index (χ0) is 50.9. The zero-order valence-electron chi connectivity index (χ0n) is 43.5. The number of hydrogen-bond donors (Lipinski definition) is 0. The van der Waals surface area contributed by atoms with Crippen LogP contribution in [0.15, 0.2) is 237 Å². The monoisotopic (exact) mass is 960 g/mol. The Hall–Kier alpha value is -8.92. The molecular formula is C72H57BN2. The number of benzene rings is 11. The average Bonchev–Trinajstić information content (AvgIpc) is 3.44. The summed E-state index contributed by atoms with van der Waals surface area (Å²) in [6, 6.07) is 88.7. The molecule has 0 unspecified atom stereocenters. The van der Waals surface area contributed by atoms with Crippen molar-refractivity contribution in [3.05, 3.63) is 270 Å². The van der Waals surface area contributed by atoms with Gasteiger partial charge in [-0.25, -0.2) is 0 Å². The maximum absolute atomic E-state index is 2.64. The lowest BCUT2D eigenvalue weighted by molar-refractivity contribution is 1.25. The first-order valence-electron chi connectivity index (χ1n) is 26.4. The molecule has 2 heterocycles. The Morgan fingerprint density at radius 3 is 1.16 bits per heavy atom. The molecule has 0 saturated carbocycles. The molecule has 0 N–H and O–H groups in total. The first-order valence-corrected chi connectivity index (χ1v) is 26.4. The van der Waals surface area contributed by atoms with Crippen LogP contribution in [0.25, 0.3) is 66.8 Å². The van der Waals surface area contributed by atoms with Crippen LogP contribution < -0.4 is 26.2 Å². The standard InChI is InChI=1S/C72H57BN2/c1-46-20-16-21-47(2)68(46)55-34-38-59(39-35-55)74-64-41-37-57(69-48(3)22-17-23-49(69)4)43-63(64)73-62-42-56(52-26-10-7-11-27-52)36-40-65(62)75(67-45-58(44-66(74)71(67)73)70-50(5)24-18-25-51(70)6)72-60(53-28-12-8-13-29-53)32-19-33-61(72)54-30-14-9-15-31-54/h7-45H,1-6H3. The molecule has 2 nitrogen and oxygen atoms in total. The second kappa shape index (κ2) is 18.5. The summed E-state index contributed by atoms with van der Waals surface area (Å²) in [6.45, 7) is 13.4. The van der Waals surface area contributed by atoms with E-state index in [0.29, 0.717) is 0 Å². The highest BCUT2D eigenvalue weighted by atomic mass is 15.2. The number of rotatable bonds is 8. The third kappa shape index (κ3) is 7.73. The lowest BCUT2D eigenvalue weighted by atomic mass is 9.33. The Labute approximate surface area is 443 Å². The predicted octanol–water partition coefficient (Wildman–Crippen LogP) is 17.6. The Morgan fingerprint density at radius 1 is 0.267 bits per heavy atom. The first-order chi connectivity index (χ1) is 36.7. The summed E-state index contributed by atoms with van der Waals surface area (Å²) in [7, 11) is 0. The number of hydrogen-bond acceptors (Lipinski definition) is 2. The minimum absolute atomic E-state index is 0.120. The van der Waals surface area contributed by atoms with E-state index in [4.69, 9.17) is 0 Å². The maximum Gasteiger partial charge on any atom is 0.252 e. The highest BCUT2D eigenvalue weighted by Gasteiger charge is 2.45. The normalized spacial score (nSPS) is 12.3. The molecule has 0 aliphatic carbocycles. The maximum atomic E-state index is 2.64. The summed E-state index contributed by atoms with van der Waals surface area (Å²) in [5.41, 5.74) is 33.0. The molecule has 2 aliphatic rings. The average molecular weight is 961 g/mol. The van der Waals surface area contributed by atoms with Gasteiger partial charge in [-0.1, -0.05) is 200 Å². The van der Waals surface area contributed by atoms with E-state index in [2.05, 4.69) is 288 Å². The van der Waals surface area contributed by atoms with Crippen molar-refractivity contribution < 1.29 is 0 Å². The smallest absolute Gasteiger partial charge is 0.252 e. The van der Waals surface area contributed by atoms with Crippen LogP contribution in [-0.2, 0) is 0 Å². The quantitative estimate of drug-likeness (QED) is 0.140. The molecule has 0 bridgehead atoms. The van der Waals surface area contributed by atoms with Crippen LogP contribution >= 0.6 is 0 Å². The van der Waals surface area contributed by atoms with Crippen LogP contribution in [0.4, 0.5) is 34.1 Å². The molecule has 0 spiro atoms. The van der Waals surface area contributed by atoms with Crippen molar-refractivity contribution in [1.82, 2.24) is 0 Å². The van der Waals surface area contributed by atoms with Gasteiger partial charge in [0, 0.05) is 39.6 Å². The van der Waals surface area contributed by atoms with Crippen molar-refractivity contribution in [2.24, 2.45) is 0 Å². The lowest BCUT2D eigenvalue weighted by Gasteiger charge is -2.45. The fourth-order valence-electron chi connectivity index (χ4n) is 12.7. The van der Waals surface area contributed by atoms with E-state index in [-0.39, 0.29) is 6.71 Å². The summed E-state index contributed by atoms with van der Waals surface area (Å²) < 4.78 is 0. The molecule has 11 aromatic carbocycles. The van der Waals surface area contributed by atoms with Crippen LogP contribution in [0.2, 0.25) is 0 Å². The molecule has 358 valence electrons. The van der Waals surface area contributed by atoms with Crippen molar-refractivity contribution in [2.45, 2.75) is 41.5 Å². The van der Waals surface area contributed by atoms with Gasteiger partial charge < -0.3 is 9.80 Å². The van der Waals surface area contributed by atoms with Crippen LogP contribution in [0.1, 0.15) is 33.4 Å². The highest BCUT2D eigenvalue weighted by Crippen LogP contribution is 2.52. The fraction of sp³-hybridized carbons (Fsp3) is 0.0833. The summed E-state index contributed by atoms with van der Waals surface area (Å²) in [5.74, 6) is 0. The molecule has 0 amide bonds. The van der Waals surface area contributed by atoms with Crippen LogP contribution in [0.3, 0.4) is 0 Å². The van der Waals surface area contributed by atoms with Crippen molar-refractivity contribution in [2.75, 3.05) is 9.80 Å². The van der Waals surface area contributed by atoms with Crippen molar-refractivity contribution in [3.63, 3.8) is 0 Å². The summed E-state index contributed by atoms with van der Waals surface area (Å²) >= 11 is 0. The Morgan fingerprint density at radius 2 is 0.653 bits per heavy atom. The van der Waals surface area contributed by atoms with Gasteiger partial charge in [-0.15, -0.1) is 0 Å². The van der Waals surface area contributed by atoms with Crippen molar-refractivity contribution >= 4 is 57.2 Å². The molecule has 13 rings (SSSR count). The highest BCUT2D eigenvalue weighted by molar-refractivity contribution is 7.00. The van der Waals surface area contributed by atoms with E-state index in [1.807, 2.05) is 0 Å². The SMILES string of the molecule is Cc1cccc(C)c1-c1ccc(N2c3ccc(-c4c(C)cccc4C)cc3B3c4cc(-c5ccccc5)ccc4N(c4c(-c5ccccc5)cccc4-c4ccccc4)c4cc(-c5c(C)cccc5C)cc2c43)cc1. The van der Waals surface area contributed by atoms with Crippen LogP contribution in [0.5, 0.6) is 0 Å². The zero-order valence-corrected chi connectivity index (χ0v) is 43.5. The van der Waals surface area contributed by atoms with Gasteiger partial charge in [0.15, 0.2) is 0 Å². The largest absolute Gasteiger partial charge is 0.311 e. The third-order valence-corrected chi connectivity index (χ3v) is 16.0. The minimum atomic E-state index is -0.120. The number of nitrogens with zero attached hydrogens (tertiary/aromatic N) is 2. The molecule has 11 aromatic rings. The molecule has 0 fully saturated rings. The van der Waals surface area contributed by atoms with E-state index in [1.54, 1.807) is 0 Å². The topological polar surface area (TPSA) is 6.48 Å². The van der Waals surface area contributed by atoms with Crippen molar-refractivity contribution in [3.8, 4) is 66.8 Å².